The number of anilines is 1. The van der Waals surface area contributed by atoms with Crippen LogP contribution in [0, 0.1) is 22.0 Å². The van der Waals surface area contributed by atoms with E-state index in [1.54, 1.807) is 12.3 Å². The summed E-state index contributed by atoms with van der Waals surface area (Å²) in [4.78, 5) is 15.3. The maximum atomic E-state index is 13.1. The molecule has 3 rings (SSSR count). The molecule has 0 radical (unpaired) electrons. The molecule has 9 heteroatoms. The lowest BCUT2D eigenvalue weighted by molar-refractivity contribution is -0.384. The van der Waals surface area contributed by atoms with Gasteiger partial charge in [0, 0.05) is 25.4 Å². The lowest BCUT2D eigenvalue weighted by atomic mass is 9.94. The molecule has 0 aliphatic carbocycles. The number of nitro benzene ring substituents is 1. The third-order valence-corrected chi connectivity index (χ3v) is 6.97. The standard InChI is InChI=1S/C20H26N4O4S/c1-14-10-15(2)13-23(12-14)29(27,28)17-7-8-19(20(11-17)24(25)26)22-16(3)18-6-4-5-9-21-18/h4-9,11,14-16,22H,10,12-13H2,1-3H3/t14-,15+,16-/m0/s1. The number of nitrogens with zero attached hydrogens (tertiary/aromatic N) is 3. The molecule has 1 aliphatic heterocycles. The predicted octanol–water partition coefficient (Wildman–Crippen LogP) is 3.83. The molecule has 1 aromatic carbocycles. The maximum Gasteiger partial charge on any atom is 0.293 e. The van der Waals surface area contributed by atoms with Crippen LogP contribution in [0.25, 0.3) is 0 Å². The molecule has 0 saturated carbocycles. The van der Waals surface area contributed by atoms with Gasteiger partial charge in [-0.3, -0.25) is 15.1 Å². The fourth-order valence-electron chi connectivity index (χ4n) is 3.84. The first kappa shape index (κ1) is 21.2. The Labute approximate surface area is 171 Å². The largest absolute Gasteiger partial charge is 0.371 e. The second-order valence-corrected chi connectivity index (χ2v) is 9.76. The molecule has 0 bridgehead atoms. The number of nitro groups is 1. The minimum Gasteiger partial charge on any atom is -0.371 e. The van der Waals surface area contributed by atoms with Crippen molar-refractivity contribution < 1.29 is 13.3 Å². The van der Waals surface area contributed by atoms with Gasteiger partial charge >= 0.3 is 0 Å². The molecule has 1 saturated heterocycles. The number of hydrogen-bond acceptors (Lipinski definition) is 6. The highest BCUT2D eigenvalue weighted by Gasteiger charge is 2.33. The molecule has 2 aromatic rings. The number of sulfonamides is 1. The summed E-state index contributed by atoms with van der Waals surface area (Å²) in [5.41, 5.74) is 0.717. The molecule has 0 amide bonds. The van der Waals surface area contributed by atoms with Gasteiger partial charge in [0.25, 0.3) is 5.69 Å². The van der Waals surface area contributed by atoms with Crippen molar-refractivity contribution in [1.29, 1.82) is 0 Å². The summed E-state index contributed by atoms with van der Waals surface area (Å²) in [5, 5.41) is 14.7. The van der Waals surface area contributed by atoms with Crippen LogP contribution in [-0.4, -0.2) is 35.7 Å². The van der Waals surface area contributed by atoms with Gasteiger partial charge in [-0.1, -0.05) is 19.9 Å². The molecule has 1 N–H and O–H groups in total. The highest BCUT2D eigenvalue weighted by atomic mass is 32.2. The maximum absolute atomic E-state index is 13.1. The van der Waals surface area contributed by atoms with Crippen molar-refractivity contribution in [2.45, 2.75) is 38.1 Å². The first-order chi connectivity index (χ1) is 13.7. The highest BCUT2D eigenvalue weighted by molar-refractivity contribution is 7.89. The van der Waals surface area contributed by atoms with Gasteiger partial charge in [-0.15, -0.1) is 0 Å². The monoisotopic (exact) mass is 418 g/mol. The van der Waals surface area contributed by atoms with Crippen LogP contribution in [0.1, 0.15) is 38.9 Å². The number of piperidine rings is 1. The Morgan fingerprint density at radius 3 is 2.48 bits per heavy atom. The SMILES string of the molecule is C[C@@H]1C[C@H](C)CN(S(=O)(=O)c2ccc(N[C@@H](C)c3ccccn3)c([N+](=O)[O-])c2)C1. The van der Waals surface area contributed by atoms with E-state index in [1.165, 1.54) is 16.4 Å². The molecular formula is C20H26N4O4S. The van der Waals surface area contributed by atoms with E-state index in [4.69, 9.17) is 0 Å². The Balaban J connectivity index is 1.90. The minimum absolute atomic E-state index is 0.0541. The first-order valence-electron chi connectivity index (χ1n) is 9.64. The summed E-state index contributed by atoms with van der Waals surface area (Å²) >= 11 is 0. The average molecular weight is 419 g/mol. The van der Waals surface area contributed by atoms with Gasteiger partial charge in [0.05, 0.1) is 21.6 Å². The number of rotatable bonds is 6. The summed E-state index contributed by atoms with van der Waals surface area (Å²) in [7, 11) is -3.79. The number of aromatic nitrogens is 1. The number of hydrogen-bond donors (Lipinski definition) is 1. The van der Waals surface area contributed by atoms with Gasteiger partial charge in [0.2, 0.25) is 10.0 Å². The fourth-order valence-corrected chi connectivity index (χ4v) is 5.54. The van der Waals surface area contributed by atoms with Gasteiger partial charge in [-0.25, -0.2) is 8.42 Å². The second kappa shape index (κ2) is 8.46. The average Bonchev–Trinajstić information content (AvgIpc) is 2.68. The zero-order chi connectivity index (χ0) is 21.2. The molecule has 0 unspecified atom stereocenters. The normalized spacial score (nSPS) is 21.5. The van der Waals surface area contributed by atoms with Crippen LogP contribution in [0.3, 0.4) is 0 Å². The second-order valence-electron chi connectivity index (χ2n) is 7.82. The van der Waals surface area contributed by atoms with Crippen molar-refractivity contribution >= 4 is 21.4 Å². The van der Waals surface area contributed by atoms with E-state index < -0.39 is 14.9 Å². The molecule has 1 fully saturated rings. The van der Waals surface area contributed by atoms with Crippen LogP contribution in [0.2, 0.25) is 0 Å². The van der Waals surface area contributed by atoms with Gasteiger partial charge in [0.1, 0.15) is 5.69 Å². The molecule has 3 atom stereocenters. The zero-order valence-corrected chi connectivity index (χ0v) is 17.6. The van der Waals surface area contributed by atoms with Crippen molar-refractivity contribution in [3.05, 3.63) is 58.4 Å². The van der Waals surface area contributed by atoms with Crippen LogP contribution >= 0.6 is 0 Å². The lowest BCUT2D eigenvalue weighted by Crippen LogP contribution is -2.42. The lowest BCUT2D eigenvalue weighted by Gasteiger charge is -2.34. The van der Waals surface area contributed by atoms with E-state index in [1.807, 2.05) is 32.9 Å². The summed E-state index contributed by atoms with van der Waals surface area (Å²) < 4.78 is 27.6. The third kappa shape index (κ3) is 4.73. The zero-order valence-electron chi connectivity index (χ0n) is 16.8. The summed E-state index contributed by atoms with van der Waals surface area (Å²) in [5.74, 6) is 0.507. The van der Waals surface area contributed by atoms with Crippen LogP contribution in [0.5, 0.6) is 0 Å². The van der Waals surface area contributed by atoms with Crippen molar-refractivity contribution in [2.24, 2.45) is 11.8 Å². The summed E-state index contributed by atoms with van der Waals surface area (Å²) in [6.45, 7) is 6.74. The van der Waals surface area contributed by atoms with E-state index >= 15 is 0 Å². The van der Waals surface area contributed by atoms with E-state index in [0.29, 0.717) is 13.1 Å². The molecule has 29 heavy (non-hydrogen) atoms. The van der Waals surface area contributed by atoms with Crippen LogP contribution in [0.15, 0.2) is 47.5 Å². The molecule has 156 valence electrons. The molecule has 1 aliphatic rings. The smallest absolute Gasteiger partial charge is 0.293 e. The minimum atomic E-state index is -3.79. The number of nitrogens with one attached hydrogen (secondary N) is 1. The molecule has 0 spiro atoms. The van der Waals surface area contributed by atoms with E-state index in [0.717, 1.165) is 18.2 Å². The van der Waals surface area contributed by atoms with Gasteiger partial charge in [-0.05, 0) is 49.4 Å². The van der Waals surface area contributed by atoms with Crippen LogP contribution < -0.4 is 5.32 Å². The third-order valence-electron chi connectivity index (χ3n) is 5.14. The molecule has 2 heterocycles. The van der Waals surface area contributed by atoms with E-state index in [2.05, 4.69) is 10.3 Å². The van der Waals surface area contributed by atoms with Crippen molar-refractivity contribution in [3.8, 4) is 0 Å². The summed E-state index contributed by atoms with van der Waals surface area (Å²) in [6, 6.07) is 9.21. The summed E-state index contributed by atoms with van der Waals surface area (Å²) in [6.07, 6.45) is 2.62. The van der Waals surface area contributed by atoms with Crippen molar-refractivity contribution in [2.75, 3.05) is 18.4 Å². The highest BCUT2D eigenvalue weighted by Crippen LogP contribution is 2.33. The van der Waals surface area contributed by atoms with Crippen molar-refractivity contribution in [3.63, 3.8) is 0 Å². The van der Waals surface area contributed by atoms with E-state index in [-0.39, 0.29) is 34.1 Å². The topological polar surface area (TPSA) is 105 Å². The van der Waals surface area contributed by atoms with Crippen LogP contribution in [0.4, 0.5) is 11.4 Å². The molecule has 8 nitrogen and oxygen atoms in total. The predicted molar refractivity (Wildman–Crippen MR) is 111 cm³/mol. The van der Waals surface area contributed by atoms with Crippen molar-refractivity contribution in [1.82, 2.24) is 9.29 Å². The quantitative estimate of drug-likeness (QED) is 0.564. The Morgan fingerprint density at radius 2 is 1.90 bits per heavy atom. The van der Waals surface area contributed by atoms with Gasteiger partial charge in [-0.2, -0.15) is 4.31 Å². The Hall–Kier alpha value is -2.52. The van der Waals surface area contributed by atoms with Gasteiger partial charge < -0.3 is 5.32 Å². The Kier molecular flexibility index (Phi) is 6.18. The number of benzene rings is 1. The Morgan fingerprint density at radius 1 is 1.21 bits per heavy atom. The number of pyridine rings is 1. The van der Waals surface area contributed by atoms with Gasteiger partial charge in [0.15, 0.2) is 0 Å². The first-order valence-corrected chi connectivity index (χ1v) is 11.1. The van der Waals surface area contributed by atoms with Crippen LogP contribution in [-0.2, 0) is 10.0 Å². The van der Waals surface area contributed by atoms with E-state index in [9.17, 15) is 18.5 Å². The Bertz CT molecular complexity index is 971. The fraction of sp³-hybridized carbons (Fsp3) is 0.450. The molecular weight excluding hydrogens is 392 g/mol. The molecule has 1 aromatic heterocycles.